The number of hydrogen-bond donors (Lipinski definition) is 1. The Bertz CT molecular complexity index is 1390. The summed E-state index contributed by atoms with van der Waals surface area (Å²) in [5.41, 5.74) is 4.58. The molecule has 1 aliphatic heterocycles. The van der Waals surface area contributed by atoms with E-state index >= 15 is 0 Å². The molecule has 0 saturated carbocycles. The topological polar surface area (TPSA) is 62.6 Å². The summed E-state index contributed by atoms with van der Waals surface area (Å²) in [5.74, 6) is 0.487. The minimum absolute atomic E-state index is 0.0320. The fourth-order valence-electron chi connectivity index (χ4n) is 3.98. The van der Waals surface area contributed by atoms with Crippen LogP contribution in [0.1, 0.15) is 32.8 Å². The van der Waals surface area contributed by atoms with Gasteiger partial charge in [0.1, 0.15) is 5.76 Å². The third kappa shape index (κ3) is 5.23. The number of rotatable bonds is 6. The molecule has 1 aliphatic rings. The molecular formula is C29H24N2O3S. The van der Waals surface area contributed by atoms with Gasteiger partial charge in [0, 0.05) is 10.5 Å². The number of carbonyl (C=O) groups is 2. The average Bonchev–Trinajstić information content (AvgIpc) is 3.39. The Kier molecular flexibility index (Phi) is 6.55. The van der Waals surface area contributed by atoms with Crippen LogP contribution in [0.15, 0.2) is 105 Å². The lowest BCUT2D eigenvalue weighted by Crippen LogP contribution is -2.33. The van der Waals surface area contributed by atoms with Gasteiger partial charge < -0.3 is 14.6 Å². The van der Waals surface area contributed by atoms with Gasteiger partial charge in [0.15, 0.2) is 0 Å². The van der Waals surface area contributed by atoms with Crippen LogP contribution in [-0.2, 0) is 17.9 Å². The molecule has 0 aliphatic carbocycles. The lowest BCUT2D eigenvalue weighted by Gasteiger charge is -2.30. The van der Waals surface area contributed by atoms with Gasteiger partial charge in [-0.1, -0.05) is 65.9 Å². The highest BCUT2D eigenvalue weighted by Crippen LogP contribution is 2.42. The summed E-state index contributed by atoms with van der Waals surface area (Å²) in [7, 11) is 0. The summed E-state index contributed by atoms with van der Waals surface area (Å²) in [6.45, 7) is 2.89. The first-order valence-electron chi connectivity index (χ1n) is 11.3. The predicted octanol–water partition coefficient (Wildman–Crippen LogP) is 6.20. The van der Waals surface area contributed by atoms with E-state index < -0.39 is 0 Å². The SMILES string of the molecule is Cc1cccc(CN2C(=O)C(=Cc3ccc(C(=O)NCc4ccco4)cc3)Sc3ccccc32)c1. The summed E-state index contributed by atoms with van der Waals surface area (Å²) in [4.78, 5) is 29.5. The minimum Gasteiger partial charge on any atom is -0.467 e. The molecule has 174 valence electrons. The zero-order valence-corrected chi connectivity index (χ0v) is 20.0. The number of carbonyl (C=O) groups excluding carboxylic acids is 2. The van der Waals surface area contributed by atoms with Crippen LogP contribution in [0.2, 0.25) is 0 Å². The van der Waals surface area contributed by atoms with Crippen molar-refractivity contribution in [3.8, 4) is 0 Å². The average molecular weight is 481 g/mol. The molecule has 1 aromatic heterocycles. The second-order valence-corrected chi connectivity index (χ2v) is 9.43. The Morgan fingerprint density at radius 1 is 1.00 bits per heavy atom. The number of amides is 2. The Balaban J connectivity index is 1.36. The molecule has 0 spiro atoms. The molecule has 4 aromatic rings. The monoisotopic (exact) mass is 480 g/mol. The van der Waals surface area contributed by atoms with Gasteiger partial charge in [-0.25, -0.2) is 0 Å². The molecular weight excluding hydrogens is 456 g/mol. The van der Waals surface area contributed by atoms with E-state index in [-0.39, 0.29) is 11.8 Å². The second-order valence-electron chi connectivity index (χ2n) is 8.34. The fourth-order valence-corrected chi connectivity index (χ4v) is 5.04. The van der Waals surface area contributed by atoms with Gasteiger partial charge >= 0.3 is 0 Å². The number of furan rings is 1. The normalized spacial score (nSPS) is 14.1. The number of fused-ring (bicyclic) bond motifs is 1. The lowest BCUT2D eigenvalue weighted by molar-refractivity contribution is -0.114. The third-order valence-corrected chi connectivity index (χ3v) is 6.81. The van der Waals surface area contributed by atoms with Gasteiger partial charge in [-0.05, 0) is 60.5 Å². The van der Waals surface area contributed by atoms with Crippen molar-refractivity contribution in [3.63, 3.8) is 0 Å². The van der Waals surface area contributed by atoms with E-state index in [0.29, 0.717) is 29.3 Å². The lowest BCUT2D eigenvalue weighted by atomic mass is 10.1. The molecule has 35 heavy (non-hydrogen) atoms. The summed E-state index contributed by atoms with van der Waals surface area (Å²) < 4.78 is 5.25. The summed E-state index contributed by atoms with van der Waals surface area (Å²) in [5, 5.41) is 2.84. The van der Waals surface area contributed by atoms with Gasteiger partial charge in [0.25, 0.3) is 11.8 Å². The summed E-state index contributed by atoms with van der Waals surface area (Å²) in [6, 6.07) is 27.0. The van der Waals surface area contributed by atoms with Gasteiger partial charge in [0.05, 0.1) is 29.9 Å². The van der Waals surface area contributed by atoms with Crippen LogP contribution in [0, 0.1) is 6.92 Å². The van der Waals surface area contributed by atoms with Crippen LogP contribution in [0.5, 0.6) is 0 Å². The number of para-hydroxylation sites is 1. The van der Waals surface area contributed by atoms with Crippen molar-refractivity contribution in [2.24, 2.45) is 0 Å². The van der Waals surface area contributed by atoms with Crippen molar-refractivity contribution in [3.05, 3.63) is 124 Å². The van der Waals surface area contributed by atoms with E-state index in [1.54, 1.807) is 24.5 Å². The first kappa shape index (κ1) is 22.7. The molecule has 0 unspecified atom stereocenters. The zero-order valence-electron chi connectivity index (χ0n) is 19.2. The molecule has 3 aromatic carbocycles. The van der Waals surface area contributed by atoms with E-state index in [1.807, 2.05) is 65.6 Å². The molecule has 2 heterocycles. The molecule has 0 bridgehead atoms. The van der Waals surface area contributed by atoms with Crippen molar-refractivity contribution < 1.29 is 14.0 Å². The van der Waals surface area contributed by atoms with Crippen LogP contribution in [-0.4, -0.2) is 11.8 Å². The molecule has 0 fully saturated rings. The minimum atomic E-state index is -0.179. The maximum Gasteiger partial charge on any atom is 0.265 e. The van der Waals surface area contributed by atoms with Crippen molar-refractivity contribution in [1.82, 2.24) is 5.32 Å². The van der Waals surface area contributed by atoms with E-state index in [0.717, 1.165) is 21.7 Å². The van der Waals surface area contributed by atoms with Crippen molar-refractivity contribution in [2.45, 2.75) is 24.9 Å². The maximum absolute atomic E-state index is 13.5. The first-order valence-corrected chi connectivity index (χ1v) is 12.1. The Labute approximate surface area is 208 Å². The molecule has 0 atom stereocenters. The molecule has 5 rings (SSSR count). The Hall–Kier alpha value is -4.03. The largest absolute Gasteiger partial charge is 0.467 e. The smallest absolute Gasteiger partial charge is 0.265 e. The highest BCUT2D eigenvalue weighted by atomic mass is 32.2. The van der Waals surface area contributed by atoms with Crippen molar-refractivity contribution in [2.75, 3.05) is 4.90 Å². The quantitative estimate of drug-likeness (QED) is 0.334. The summed E-state index contributed by atoms with van der Waals surface area (Å²) in [6.07, 6.45) is 3.46. The Morgan fingerprint density at radius 2 is 1.83 bits per heavy atom. The molecule has 2 amide bonds. The van der Waals surface area contributed by atoms with Gasteiger partial charge in [-0.15, -0.1) is 0 Å². The molecule has 6 heteroatoms. The number of nitrogens with one attached hydrogen (secondary N) is 1. The van der Waals surface area contributed by atoms with Crippen molar-refractivity contribution >= 4 is 35.3 Å². The standard InChI is InChI=1S/C29H24N2O3S/c1-20-6-4-7-22(16-20)19-31-25-9-2-3-10-26(25)35-27(29(31)33)17-21-11-13-23(14-12-21)28(32)30-18-24-8-5-15-34-24/h2-17H,18-19H2,1H3,(H,30,32). The van der Waals surface area contributed by atoms with Crippen LogP contribution >= 0.6 is 11.8 Å². The van der Waals surface area contributed by atoms with Gasteiger partial charge in [-0.3, -0.25) is 9.59 Å². The van der Waals surface area contributed by atoms with Crippen molar-refractivity contribution in [1.29, 1.82) is 0 Å². The van der Waals surface area contributed by atoms with E-state index in [1.165, 1.54) is 17.3 Å². The number of hydrogen-bond acceptors (Lipinski definition) is 4. The second kappa shape index (κ2) is 10.1. The predicted molar refractivity (Wildman–Crippen MR) is 139 cm³/mol. The summed E-state index contributed by atoms with van der Waals surface area (Å²) >= 11 is 1.47. The van der Waals surface area contributed by atoms with E-state index in [9.17, 15) is 9.59 Å². The first-order chi connectivity index (χ1) is 17.1. The van der Waals surface area contributed by atoms with E-state index in [2.05, 4.69) is 24.4 Å². The number of anilines is 1. The van der Waals surface area contributed by atoms with Gasteiger partial charge in [0.2, 0.25) is 0 Å². The number of benzene rings is 3. The molecule has 5 nitrogen and oxygen atoms in total. The fraction of sp³-hybridized carbons (Fsp3) is 0.103. The van der Waals surface area contributed by atoms with Gasteiger partial charge in [-0.2, -0.15) is 0 Å². The van der Waals surface area contributed by atoms with E-state index in [4.69, 9.17) is 4.42 Å². The highest BCUT2D eigenvalue weighted by Gasteiger charge is 2.29. The molecule has 0 saturated heterocycles. The molecule has 0 radical (unpaired) electrons. The molecule has 1 N–H and O–H groups in total. The number of nitrogens with zero attached hydrogens (tertiary/aromatic N) is 1. The number of aryl methyl sites for hydroxylation is 1. The van der Waals surface area contributed by atoms with Crippen LogP contribution in [0.25, 0.3) is 6.08 Å². The maximum atomic E-state index is 13.5. The Morgan fingerprint density at radius 3 is 2.60 bits per heavy atom. The highest BCUT2D eigenvalue weighted by molar-refractivity contribution is 8.04. The third-order valence-electron chi connectivity index (χ3n) is 5.73. The zero-order chi connectivity index (χ0) is 24.2. The van der Waals surface area contributed by atoms with Crippen LogP contribution in [0.4, 0.5) is 5.69 Å². The number of thioether (sulfide) groups is 1. The van der Waals surface area contributed by atoms with Crippen LogP contribution in [0.3, 0.4) is 0 Å². The van der Waals surface area contributed by atoms with Crippen LogP contribution < -0.4 is 10.2 Å².